The van der Waals surface area contributed by atoms with Crippen LogP contribution in [0.2, 0.25) is 0 Å². The Bertz CT molecular complexity index is 1600. The van der Waals surface area contributed by atoms with Crippen molar-refractivity contribution >= 4 is 60.9 Å². The van der Waals surface area contributed by atoms with Gasteiger partial charge in [-0.15, -0.1) is 11.3 Å². The van der Waals surface area contributed by atoms with E-state index in [9.17, 15) is 18.0 Å². The zero-order valence-electron chi connectivity index (χ0n) is 19.6. The van der Waals surface area contributed by atoms with E-state index in [1.807, 2.05) is 20.8 Å². The zero-order chi connectivity index (χ0) is 25.7. The minimum atomic E-state index is -3.78. The maximum absolute atomic E-state index is 13.2. The van der Waals surface area contributed by atoms with Gasteiger partial charge in [-0.1, -0.05) is 11.8 Å². The number of rotatable bonds is 6. The van der Waals surface area contributed by atoms with Crippen LogP contribution in [-0.2, 0) is 20.4 Å². The van der Waals surface area contributed by atoms with Gasteiger partial charge in [0, 0.05) is 29.4 Å². The van der Waals surface area contributed by atoms with Gasteiger partial charge >= 0.3 is 0 Å². The van der Waals surface area contributed by atoms with Crippen molar-refractivity contribution in [2.45, 2.75) is 48.8 Å². The number of thioether (sulfide) groups is 1. The molecule has 0 fully saturated rings. The molecule has 1 unspecified atom stereocenters. The second-order valence-corrected chi connectivity index (χ2v) is 12.8. The van der Waals surface area contributed by atoms with Gasteiger partial charge in [-0.05, 0) is 45.0 Å². The van der Waals surface area contributed by atoms with Crippen LogP contribution in [0.15, 0.2) is 56.9 Å². The minimum absolute atomic E-state index is 0.0502. The number of anilines is 2. The van der Waals surface area contributed by atoms with Crippen molar-refractivity contribution in [3.8, 4) is 0 Å². The first-order valence-corrected chi connectivity index (χ1v) is 14.3. The molecule has 0 radical (unpaired) electrons. The average molecular weight is 546 g/mol. The molecule has 1 aliphatic heterocycles. The smallest absolute Gasteiger partial charge is 0.265 e. The van der Waals surface area contributed by atoms with Gasteiger partial charge < -0.3 is 5.32 Å². The number of hydrogen-bond acceptors (Lipinski definition) is 9. The van der Waals surface area contributed by atoms with Crippen molar-refractivity contribution in [3.05, 3.63) is 52.4 Å². The number of aromatic nitrogens is 5. The van der Waals surface area contributed by atoms with Crippen LogP contribution in [0, 0.1) is 0 Å². The molecule has 36 heavy (non-hydrogen) atoms. The molecular weight excluding hydrogens is 522 g/mol. The van der Waals surface area contributed by atoms with E-state index in [0.717, 1.165) is 0 Å². The number of hydrogen-bond donors (Lipinski definition) is 2. The summed E-state index contributed by atoms with van der Waals surface area (Å²) in [6.07, 6.45) is 3.11. The second-order valence-electron chi connectivity index (χ2n) is 9.22. The standard InChI is InChI=1S/C22H23N7O4S3/c1-22(2,3)29-18-16(11-24-29)19(31)28-14(12-35-21(28)26-18)10-17(30)25-13-4-6-15(7-5-13)36(32,33)27-20-23-8-9-34-20/h4-9,11,14H,10,12H2,1-3H3,(H,23,27)(H,25,30). The third-order valence-corrected chi connectivity index (χ3v) is 8.80. The monoisotopic (exact) mass is 545 g/mol. The molecule has 0 aliphatic carbocycles. The lowest BCUT2D eigenvalue weighted by Gasteiger charge is -2.20. The Morgan fingerprint density at radius 3 is 2.64 bits per heavy atom. The number of nitrogens with zero attached hydrogens (tertiary/aromatic N) is 5. The summed E-state index contributed by atoms with van der Waals surface area (Å²) in [5.41, 5.74) is 0.451. The van der Waals surface area contributed by atoms with Crippen LogP contribution in [0.4, 0.5) is 10.8 Å². The highest BCUT2D eigenvalue weighted by Crippen LogP contribution is 2.34. The molecule has 4 aromatic rings. The number of nitrogens with one attached hydrogen (secondary N) is 2. The van der Waals surface area contributed by atoms with Gasteiger partial charge in [-0.2, -0.15) is 5.10 Å². The molecule has 0 saturated heterocycles. The molecule has 1 aromatic carbocycles. The topological polar surface area (TPSA) is 141 Å². The number of sulfonamides is 1. The van der Waals surface area contributed by atoms with Crippen LogP contribution in [0.25, 0.3) is 11.0 Å². The van der Waals surface area contributed by atoms with E-state index in [1.165, 1.54) is 59.8 Å². The Kier molecular flexibility index (Phi) is 6.12. The molecule has 1 atom stereocenters. The Labute approximate surface area is 215 Å². The van der Waals surface area contributed by atoms with Gasteiger partial charge in [0.2, 0.25) is 5.91 Å². The summed E-state index contributed by atoms with van der Waals surface area (Å²) in [6.45, 7) is 5.98. The van der Waals surface area contributed by atoms with Crippen molar-refractivity contribution in [2.75, 3.05) is 15.8 Å². The lowest BCUT2D eigenvalue weighted by atomic mass is 10.1. The third kappa shape index (κ3) is 4.63. The SMILES string of the molecule is CC(C)(C)n1ncc2c(=O)n3c(nc21)SCC3CC(=O)Nc1ccc(S(=O)(=O)Nc2nccs2)cc1. The third-order valence-electron chi connectivity index (χ3n) is 5.53. The average Bonchev–Trinajstić information content (AvgIpc) is 3.54. The fourth-order valence-corrected chi connectivity index (χ4v) is 6.78. The predicted octanol–water partition coefficient (Wildman–Crippen LogP) is 3.28. The lowest BCUT2D eigenvalue weighted by Crippen LogP contribution is -2.29. The molecule has 4 heterocycles. The molecule has 0 bridgehead atoms. The van der Waals surface area contributed by atoms with Gasteiger partial charge in [0.1, 0.15) is 5.39 Å². The highest BCUT2D eigenvalue weighted by Gasteiger charge is 2.30. The van der Waals surface area contributed by atoms with E-state index in [4.69, 9.17) is 0 Å². The molecule has 0 spiro atoms. The molecule has 188 valence electrons. The van der Waals surface area contributed by atoms with Crippen molar-refractivity contribution in [1.82, 2.24) is 24.3 Å². The molecule has 2 N–H and O–H groups in total. The quantitative estimate of drug-likeness (QED) is 0.352. The van der Waals surface area contributed by atoms with Crippen molar-refractivity contribution in [1.29, 1.82) is 0 Å². The van der Waals surface area contributed by atoms with Gasteiger partial charge in [0.25, 0.3) is 15.6 Å². The molecule has 1 aliphatic rings. The molecule has 14 heteroatoms. The van der Waals surface area contributed by atoms with Gasteiger partial charge in [0.05, 0.1) is 22.7 Å². The van der Waals surface area contributed by atoms with Crippen LogP contribution in [0.3, 0.4) is 0 Å². The first kappa shape index (κ1) is 24.5. The maximum Gasteiger partial charge on any atom is 0.265 e. The zero-order valence-corrected chi connectivity index (χ0v) is 22.1. The lowest BCUT2D eigenvalue weighted by molar-refractivity contribution is -0.116. The molecule has 11 nitrogen and oxygen atoms in total. The molecule has 0 saturated carbocycles. The van der Waals surface area contributed by atoms with Gasteiger partial charge in [-0.3, -0.25) is 18.9 Å². The molecule has 3 aromatic heterocycles. The summed E-state index contributed by atoms with van der Waals surface area (Å²) in [6, 6.07) is 5.50. The van der Waals surface area contributed by atoms with Gasteiger partial charge in [0.15, 0.2) is 15.9 Å². The van der Waals surface area contributed by atoms with Crippen molar-refractivity contribution in [2.24, 2.45) is 0 Å². The van der Waals surface area contributed by atoms with Crippen molar-refractivity contribution in [3.63, 3.8) is 0 Å². The summed E-state index contributed by atoms with van der Waals surface area (Å²) < 4.78 is 30.7. The number of thiazole rings is 1. The van der Waals surface area contributed by atoms with E-state index in [1.54, 1.807) is 14.6 Å². The summed E-state index contributed by atoms with van der Waals surface area (Å²) in [7, 11) is -3.78. The fourth-order valence-electron chi connectivity index (χ4n) is 3.86. The normalized spacial score (nSPS) is 15.7. The number of carbonyl (C=O) groups is 1. The van der Waals surface area contributed by atoms with E-state index in [2.05, 4.69) is 25.1 Å². The Morgan fingerprint density at radius 2 is 1.97 bits per heavy atom. The Balaban J connectivity index is 1.30. The van der Waals surface area contributed by atoms with E-state index in [0.29, 0.717) is 27.6 Å². The second kappa shape index (κ2) is 9.01. The van der Waals surface area contributed by atoms with Gasteiger partial charge in [-0.25, -0.2) is 23.1 Å². The number of benzene rings is 1. The summed E-state index contributed by atoms with van der Waals surface area (Å²) in [5, 5.41) is 10.1. The van der Waals surface area contributed by atoms with Crippen LogP contribution in [0.1, 0.15) is 33.2 Å². The predicted molar refractivity (Wildman–Crippen MR) is 139 cm³/mol. The van der Waals surface area contributed by atoms with E-state index in [-0.39, 0.29) is 39.5 Å². The summed E-state index contributed by atoms with van der Waals surface area (Å²) in [5.74, 6) is 0.257. The van der Waals surface area contributed by atoms with Crippen LogP contribution >= 0.6 is 23.1 Å². The first-order valence-electron chi connectivity index (χ1n) is 11.0. The minimum Gasteiger partial charge on any atom is -0.326 e. The summed E-state index contributed by atoms with van der Waals surface area (Å²) in [4.78, 5) is 34.6. The number of carbonyl (C=O) groups excluding carboxylic acids is 1. The number of amides is 1. The molecule has 1 amide bonds. The van der Waals surface area contributed by atoms with E-state index < -0.39 is 10.0 Å². The highest BCUT2D eigenvalue weighted by molar-refractivity contribution is 7.99. The molecular formula is C22H23N7O4S3. The van der Waals surface area contributed by atoms with Crippen molar-refractivity contribution < 1.29 is 13.2 Å². The summed E-state index contributed by atoms with van der Waals surface area (Å²) >= 11 is 2.61. The first-order chi connectivity index (χ1) is 17.0. The Morgan fingerprint density at radius 1 is 1.22 bits per heavy atom. The molecule has 5 rings (SSSR count). The van der Waals surface area contributed by atoms with E-state index >= 15 is 0 Å². The van der Waals surface area contributed by atoms with Crippen LogP contribution < -0.4 is 15.6 Å². The largest absolute Gasteiger partial charge is 0.326 e. The Hall–Kier alpha value is -3.23. The maximum atomic E-state index is 13.2. The van der Waals surface area contributed by atoms with Crippen LogP contribution in [0.5, 0.6) is 0 Å². The highest BCUT2D eigenvalue weighted by atomic mass is 32.2. The number of fused-ring (bicyclic) bond motifs is 2. The fraction of sp³-hybridized carbons (Fsp3) is 0.318. The van der Waals surface area contributed by atoms with Crippen LogP contribution in [-0.4, -0.2) is 44.4 Å².